The van der Waals surface area contributed by atoms with Crippen LogP contribution in [0, 0.1) is 12.8 Å². The molecule has 0 spiro atoms. The Morgan fingerprint density at radius 1 is 1.17 bits per heavy atom. The Bertz CT molecular complexity index is 741. The molecule has 0 aromatic heterocycles. The van der Waals surface area contributed by atoms with E-state index in [9.17, 15) is 9.59 Å². The fourth-order valence-corrected chi connectivity index (χ4v) is 3.06. The summed E-state index contributed by atoms with van der Waals surface area (Å²) in [4.78, 5) is 26.3. The van der Waals surface area contributed by atoms with Gasteiger partial charge >= 0.3 is 0 Å². The normalized spacial score (nSPS) is 17.2. The third-order valence-corrected chi connectivity index (χ3v) is 4.75. The Hall–Kier alpha value is -2.14. The molecule has 5 heteroatoms. The summed E-state index contributed by atoms with van der Waals surface area (Å²) in [6, 6.07) is 15.6. The molecule has 24 heavy (non-hydrogen) atoms. The van der Waals surface area contributed by atoms with Crippen molar-refractivity contribution in [3.8, 4) is 0 Å². The molecule has 1 fully saturated rings. The predicted octanol–water partition coefficient (Wildman–Crippen LogP) is 3.43. The van der Waals surface area contributed by atoms with Gasteiger partial charge in [0.15, 0.2) is 0 Å². The largest absolute Gasteiger partial charge is 0.352 e. The van der Waals surface area contributed by atoms with Gasteiger partial charge in [0.2, 0.25) is 11.8 Å². The summed E-state index contributed by atoms with van der Waals surface area (Å²) >= 11 is 3.38. The van der Waals surface area contributed by atoms with E-state index in [2.05, 4.69) is 21.2 Å². The highest BCUT2D eigenvalue weighted by Gasteiger charge is 2.34. The van der Waals surface area contributed by atoms with E-state index in [0.717, 1.165) is 15.7 Å². The number of halogens is 1. The topological polar surface area (TPSA) is 49.4 Å². The Balaban J connectivity index is 1.59. The van der Waals surface area contributed by atoms with Gasteiger partial charge in [0.1, 0.15) is 0 Å². The molecule has 1 N–H and O–H groups in total. The van der Waals surface area contributed by atoms with Gasteiger partial charge in [-0.05, 0) is 36.8 Å². The van der Waals surface area contributed by atoms with E-state index in [1.165, 1.54) is 5.56 Å². The van der Waals surface area contributed by atoms with Crippen LogP contribution < -0.4 is 10.2 Å². The zero-order chi connectivity index (χ0) is 17.1. The molecular formula is C19H19BrN2O2. The lowest BCUT2D eigenvalue weighted by Crippen LogP contribution is -2.32. The summed E-state index contributed by atoms with van der Waals surface area (Å²) in [5, 5.41) is 2.94. The van der Waals surface area contributed by atoms with E-state index in [1.54, 1.807) is 4.90 Å². The maximum Gasteiger partial charge on any atom is 0.227 e. The molecule has 1 saturated heterocycles. The van der Waals surface area contributed by atoms with Crippen molar-refractivity contribution >= 4 is 33.4 Å². The molecule has 1 aliphatic rings. The molecule has 124 valence electrons. The molecule has 1 atom stereocenters. The number of hydrogen-bond donors (Lipinski definition) is 1. The van der Waals surface area contributed by atoms with Crippen molar-refractivity contribution in [3.05, 3.63) is 64.1 Å². The number of aryl methyl sites for hydroxylation is 1. The van der Waals surface area contributed by atoms with Crippen LogP contribution in [0.15, 0.2) is 53.0 Å². The molecule has 4 nitrogen and oxygen atoms in total. The van der Waals surface area contributed by atoms with Crippen molar-refractivity contribution in [1.29, 1.82) is 0 Å². The average molecular weight is 387 g/mol. The first-order valence-electron chi connectivity index (χ1n) is 7.92. The van der Waals surface area contributed by atoms with Crippen molar-refractivity contribution in [3.63, 3.8) is 0 Å². The van der Waals surface area contributed by atoms with Crippen molar-refractivity contribution in [2.45, 2.75) is 19.9 Å². The number of carbonyl (C=O) groups is 2. The van der Waals surface area contributed by atoms with E-state index in [0.29, 0.717) is 13.1 Å². The first-order valence-corrected chi connectivity index (χ1v) is 8.71. The SMILES string of the molecule is Cc1ccc(CNC(=O)[C@@H]2CC(=O)N(c3ccc(Br)cc3)C2)cc1. The minimum absolute atomic E-state index is 0.00666. The molecule has 1 heterocycles. The fourth-order valence-electron chi connectivity index (χ4n) is 2.79. The highest BCUT2D eigenvalue weighted by atomic mass is 79.9. The van der Waals surface area contributed by atoms with E-state index < -0.39 is 0 Å². The Kier molecular flexibility index (Phi) is 5.00. The summed E-state index contributed by atoms with van der Waals surface area (Å²) < 4.78 is 0.963. The lowest BCUT2D eigenvalue weighted by Gasteiger charge is -2.16. The molecule has 2 aromatic rings. The first-order chi connectivity index (χ1) is 11.5. The molecule has 3 rings (SSSR count). The van der Waals surface area contributed by atoms with Crippen LogP contribution in [-0.2, 0) is 16.1 Å². The van der Waals surface area contributed by atoms with Crippen molar-refractivity contribution < 1.29 is 9.59 Å². The Morgan fingerprint density at radius 2 is 1.83 bits per heavy atom. The summed E-state index contributed by atoms with van der Waals surface area (Å²) in [7, 11) is 0. The number of hydrogen-bond acceptors (Lipinski definition) is 2. The molecule has 0 saturated carbocycles. The van der Waals surface area contributed by atoms with Crippen LogP contribution in [0.25, 0.3) is 0 Å². The number of nitrogens with zero attached hydrogens (tertiary/aromatic N) is 1. The van der Waals surface area contributed by atoms with Gasteiger partial charge in [-0.15, -0.1) is 0 Å². The van der Waals surface area contributed by atoms with Crippen LogP contribution in [0.4, 0.5) is 5.69 Å². The molecule has 2 amide bonds. The standard InChI is InChI=1S/C19H19BrN2O2/c1-13-2-4-14(5-3-13)11-21-19(24)15-10-18(23)22(12-15)17-8-6-16(20)7-9-17/h2-9,15H,10-12H2,1H3,(H,21,24)/t15-/m1/s1. The van der Waals surface area contributed by atoms with Gasteiger partial charge in [0, 0.05) is 29.7 Å². The smallest absolute Gasteiger partial charge is 0.227 e. The van der Waals surface area contributed by atoms with Gasteiger partial charge in [-0.25, -0.2) is 0 Å². The van der Waals surface area contributed by atoms with E-state index >= 15 is 0 Å². The third-order valence-electron chi connectivity index (χ3n) is 4.22. The monoisotopic (exact) mass is 386 g/mol. The molecular weight excluding hydrogens is 368 g/mol. The van der Waals surface area contributed by atoms with Gasteiger partial charge in [0.25, 0.3) is 0 Å². The minimum Gasteiger partial charge on any atom is -0.352 e. The Morgan fingerprint density at radius 3 is 2.50 bits per heavy atom. The van der Waals surface area contributed by atoms with Crippen LogP contribution in [0.1, 0.15) is 17.5 Å². The number of anilines is 1. The van der Waals surface area contributed by atoms with Gasteiger partial charge in [-0.1, -0.05) is 45.8 Å². The van der Waals surface area contributed by atoms with Crippen LogP contribution in [0.3, 0.4) is 0 Å². The number of nitrogens with one attached hydrogen (secondary N) is 1. The summed E-state index contributed by atoms with van der Waals surface area (Å²) in [5.41, 5.74) is 3.08. The van der Waals surface area contributed by atoms with Gasteiger partial charge < -0.3 is 10.2 Å². The van der Waals surface area contributed by atoms with Crippen LogP contribution in [0.5, 0.6) is 0 Å². The van der Waals surface area contributed by atoms with Crippen LogP contribution in [-0.4, -0.2) is 18.4 Å². The second-order valence-electron chi connectivity index (χ2n) is 6.09. The summed E-state index contributed by atoms with van der Waals surface area (Å²) in [6.45, 7) is 2.95. The number of rotatable bonds is 4. The minimum atomic E-state index is -0.299. The Labute approximate surface area is 150 Å². The number of amides is 2. The molecule has 0 aliphatic carbocycles. The molecule has 0 radical (unpaired) electrons. The molecule has 0 bridgehead atoms. The zero-order valence-electron chi connectivity index (χ0n) is 13.5. The van der Waals surface area contributed by atoms with Crippen molar-refractivity contribution in [2.75, 3.05) is 11.4 Å². The molecule has 0 unspecified atom stereocenters. The van der Waals surface area contributed by atoms with Crippen LogP contribution >= 0.6 is 15.9 Å². The highest BCUT2D eigenvalue weighted by molar-refractivity contribution is 9.10. The molecule has 2 aromatic carbocycles. The average Bonchev–Trinajstić information content (AvgIpc) is 2.97. The fraction of sp³-hybridized carbons (Fsp3) is 0.263. The predicted molar refractivity (Wildman–Crippen MR) is 97.6 cm³/mol. The maximum atomic E-state index is 12.4. The maximum absolute atomic E-state index is 12.4. The zero-order valence-corrected chi connectivity index (χ0v) is 15.0. The van der Waals surface area contributed by atoms with Gasteiger partial charge in [0.05, 0.1) is 5.92 Å². The number of benzene rings is 2. The van der Waals surface area contributed by atoms with E-state index in [4.69, 9.17) is 0 Å². The highest BCUT2D eigenvalue weighted by Crippen LogP contribution is 2.26. The van der Waals surface area contributed by atoms with Gasteiger partial charge in [-0.3, -0.25) is 9.59 Å². The van der Waals surface area contributed by atoms with Crippen molar-refractivity contribution in [1.82, 2.24) is 5.32 Å². The summed E-state index contributed by atoms with van der Waals surface area (Å²) in [6.07, 6.45) is 0.260. The lowest BCUT2D eigenvalue weighted by atomic mass is 10.1. The van der Waals surface area contributed by atoms with Crippen molar-refractivity contribution in [2.24, 2.45) is 5.92 Å². The van der Waals surface area contributed by atoms with Gasteiger partial charge in [-0.2, -0.15) is 0 Å². The second-order valence-corrected chi connectivity index (χ2v) is 7.00. The van der Waals surface area contributed by atoms with Crippen LogP contribution in [0.2, 0.25) is 0 Å². The number of carbonyl (C=O) groups excluding carboxylic acids is 2. The third kappa shape index (κ3) is 3.85. The van der Waals surface area contributed by atoms with E-state index in [-0.39, 0.29) is 24.2 Å². The summed E-state index contributed by atoms with van der Waals surface area (Å²) in [5.74, 6) is -0.372. The van der Waals surface area contributed by atoms with E-state index in [1.807, 2.05) is 55.5 Å². The lowest BCUT2D eigenvalue weighted by molar-refractivity contribution is -0.126. The first kappa shape index (κ1) is 16.7. The quantitative estimate of drug-likeness (QED) is 0.874. The second kappa shape index (κ2) is 7.18. The molecule has 1 aliphatic heterocycles.